The zero-order valence-corrected chi connectivity index (χ0v) is 6.72. The molecule has 1 fully saturated rings. The zero-order chi connectivity index (χ0) is 7.61. The molecule has 0 atom stereocenters. The van der Waals surface area contributed by atoms with Crippen molar-refractivity contribution in [3.8, 4) is 0 Å². The fraction of sp³-hybridized carbons (Fsp3) is 1.00. The van der Waals surface area contributed by atoms with Gasteiger partial charge in [-0.15, -0.1) is 0 Å². The van der Waals surface area contributed by atoms with Gasteiger partial charge in [-0.3, -0.25) is 0 Å². The lowest BCUT2D eigenvalue weighted by Gasteiger charge is -2.20. The van der Waals surface area contributed by atoms with Crippen LogP contribution in [0.4, 0.5) is 0 Å². The van der Waals surface area contributed by atoms with Crippen LogP contribution in [0.2, 0.25) is 0 Å². The highest BCUT2D eigenvalue weighted by Crippen LogP contribution is 2.24. The van der Waals surface area contributed by atoms with E-state index in [4.69, 9.17) is 4.74 Å². The van der Waals surface area contributed by atoms with Gasteiger partial charge in [-0.05, 0) is 26.7 Å². The molecule has 0 unspecified atom stereocenters. The quantitative estimate of drug-likeness (QED) is 0.544. The van der Waals surface area contributed by atoms with Crippen LogP contribution in [0.15, 0.2) is 0 Å². The summed E-state index contributed by atoms with van der Waals surface area (Å²) in [6, 6.07) is 0. The normalized spacial score (nSPS) is 21.9. The van der Waals surface area contributed by atoms with Crippen LogP contribution in [0.5, 0.6) is 0 Å². The predicted octanol–water partition coefficient (Wildman–Crippen LogP) is 2.11. The molecule has 1 rings (SSSR count). The van der Waals surface area contributed by atoms with Gasteiger partial charge in [-0.25, -0.2) is 0 Å². The molecular formula is C8H15O2. The topological polar surface area (TPSA) is 29.1 Å². The van der Waals surface area contributed by atoms with Gasteiger partial charge < -0.3 is 4.74 Å². The van der Waals surface area contributed by atoms with E-state index in [-0.39, 0.29) is 6.10 Å². The van der Waals surface area contributed by atoms with Gasteiger partial charge in [0.25, 0.3) is 0 Å². The molecule has 0 N–H and O–H groups in total. The average Bonchev–Trinajstić information content (AvgIpc) is 2.12. The summed E-state index contributed by atoms with van der Waals surface area (Å²) < 4.78 is 5.24. The third kappa shape index (κ3) is 2.67. The number of hydrogen-bond donors (Lipinski definition) is 0. The molecule has 0 spiro atoms. The van der Waals surface area contributed by atoms with Crippen LogP contribution in [0, 0.1) is 0 Å². The summed E-state index contributed by atoms with van der Waals surface area (Å²) in [5.41, 5.74) is 0. The van der Waals surface area contributed by atoms with E-state index in [1.807, 2.05) is 0 Å². The first kappa shape index (κ1) is 8.02. The molecule has 1 aliphatic carbocycles. The van der Waals surface area contributed by atoms with Crippen LogP contribution >= 0.6 is 0 Å². The Kier molecular flexibility index (Phi) is 2.32. The molecule has 59 valence electrons. The summed E-state index contributed by atoms with van der Waals surface area (Å²) in [5.74, 6) is -1.19. The van der Waals surface area contributed by atoms with Crippen molar-refractivity contribution in [1.82, 2.24) is 0 Å². The highest BCUT2D eigenvalue weighted by molar-refractivity contribution is 4.68. The van der Waals surface area contributed by atoms with Crippen LogP contribution in [0.3, 0.4) is 0 Å². The number of ether oxygens (including phenoxy) is 1. The van der Waals surface area contributed by atoms with E-state index in [0.717, 1.165) is 12.8 Å². The van der Waals surface area contributed by atoms with Crippen molar-refractivity contribution in [3.63, 3.8) is 0 Å². The molecule has 0 amide bonds. The molecule has 0 saturated heterocycles. The Bertz CT molecular complexity index is 98.3. The second-order valence-electron chi connectivity index (χ2n) is 3.42. The summed E-state index contributed by atoms with van der Waals surface area (Å²) in [4.78, 5) is 0. The van der Waals surface area contributed by atoms with Crippen molar-refractivity contribution in [3.05, 3.63) is 0 Å². The average molecular weight is 143 g/mol. The first-order valence-corrected chi connectivity index (χ1v) is 3.96. The standard InChI is InChI=1S/C8H15O2/c1-8(2,9)10-7-5-3-4-6-7/h7H,3-6H2,1-2H3. The van der Waals surface area contributed by atoms with Gasteiger partial charge >= 0.3 is 0 Å². The van der Waals surface area contributed by atoms with Crippen molar-refractivity contribution in [2.24, 2.45) is 0 Å². The van der Waals surface area contributed by atoms with Crippen LogP contribution in [-0.2, 0) is 9.84 Å². The van der Waals surface area contributed by atoms with Crippen molar-refractivity contribution in [2.75, 3.05) is 0 Å². The smallest absolute Gasteiger partial charge is 0.196 e. The van der Waals surface area contributed by atoms with E-state index in [9.17, 15) is 5.11 Å². The van der Waals surface area contributed by atoms with Crippen molar-refractivity contribution >= 4 is 0 Å². The lowest BCUT2D eigenvalue weighted by Crippen LogP contribution is -2.27. The van der Waals surface area contributed by atoms with Crippen molar-refractivity contribution in [1.29, 1.82) is 0 Å². The van der Waals surface area contributed by atoms with Gasteiger partial charge in [0.1, 0.15) is 0 Å². The third-order valence-corrected chi connectivity index (χ3v) is 1.75. The molecule has 10 heavy (non-hydrogen) atoms. The molecule has 0 bridgehead atoms. The molecule has 1 saturated carbocycles. The Hall–Kier alpha value is -0.0800. The zero-order valence-electron chi connectivity index (χ0n) is 6.72. The monoisotopic (exact) mass is 143 g/mol. The van der Waals surface area contributed by atoms with E-state index in [1.54, 1.807) is 13.8 Å². The lowest BCUT2D eigenvalue weighted by molar-refractivity contribution is -0.238. The Labute approximate surface area is 62.2 Å². The molecule has 0 aliphatic heterocycles. The molecule has 0 aromatic carbocycles. The molecule has 0 heterocycles. The summed E-state index contributed by atoms with van der Waals surface area (Å²) >= 11 is 0. The second-order valence-corrected chi connectivity index (χ2v) is 3.42. The maximum Gasteiger partial charge on any atom is 0.196 e. The largest absolute Gasteiger partial charge is 0.344 e. The van der Waals surface area contributed by atoms with Crippen LogP contribution in [-0.4, -0.2) is 11.9 Å². The Morgan fingerprint density at radius 2 is 1.80 bits per heavy atom. The molecule has 2 nitrogen and oxygen atoms in total. The SMILES string of the molecule is CC(C)([O])OC1CCCC1. The number of hydrogen-bond acceptors (Lipinski definition) is 1. The first-order chi connectivity index (χ1) is 4.58. The van der Waals surface area contributed by atoms with E-state index < -0.39 is 5.79 Å². The molecule has 1 radical (unpaired) electrons. The highest BCUT2D eigenvalue weighted by Gasteiger charge is 2.24. The van der Waals surface area contributed by atoms with Gasteiger partial charge in [-0.2, -0.15) is 5.11 Å². The first-order valence-electron chi connectivity index (χ1n) is 3.96. The predicted molar refractivity (Wildman–Crippen MR) is 38.1 cm³/mol. The summed E-state index contributed by atoms with van der Waals surface area (Å²) in [6.45, 7) is 3.15. The molecule has 0 aromatic rings. The number of rotatable bonds is 2. The van der Waals surface area contributed by atoms with Gasteiger partial charge in [-0.1, -0.05) is 12.8 Å². The maximum absolute atomic E-state index is 11.0. The second kappa shape index (κ2) is 2.89. The van der Waals surface area contributed by atoms with Crippen LogP contribution < -0.4 is 0 Å². The van der Waals surface area contributed by atoms with Gasteiger partial charge in [0.15, 0.2) is 5.79 Å². The summed E-state index contributed by atoms with van der Waals surface area (Å²) in [6.07, 6.45) is 4.84. The van der Waals surface area contributed by atoms with Crippen LogP contribution in [0.25, 0.3) is 0 Å². The van der Waals surface area contributed by atoms with Crippen molar-refractivity contribution < 1.29 is 9.84 Å². The van der Waals surface area contributed by atoms with Crippen molar-refractivity contribution in [2.45, 2.75) is 51.4 Å². The minimum atomic E-state index is -1.19. The summed E-state index contributed by atoms with van der Waals surface area (Å²) in [5, 5.41) is 11.0. The highest BCUT2D eigenvalue weighted by atomic mass is 16.6. The van der Waals surface area contributed by atoms with Gasteiger partial charge in [0, 0.05) is 0 Å². The lowest BCUT2D eigenvalue weighted by atomic mass is 10.3. The minimum Gasteiger partial charge on any atom is -0.344 e. The third-order valence-electron chi connectivity index (χ3n) is 1.75. The Morgan fingerprint density at radius 1 is 1.30 bits per heavy atom. The van der Waals surface area contributed by atoms with E-state index in [1.165, 1.54) is 12.8 Å². The Balaban J connectivity index is 2.24. The fourth-order valence-corrected chi connectivity index (χ4v) is 1.41. The van der Waals surface area contributed by atoms with Gasteiger partial charge in [0.2, 0.25) is 0 Å². The molecule has 1 aliphatic rings. The molecule has 2 heteroatoms. The molecular weight excluding hydrogens is 128 g/mol. The minimum absolute atomic E-state index is 0.243. The maximum atomic E-state index is 11.0. The molecule has 0 aromatic heterocycles. The van der Waals surface area contributed by atoms with Crippen LogP contribution in [0.1, 0.15) is 39.5 Å². The van der Waals surface area contributed by atoms with E-state index >= 15 is 0 Å². The van der Waals surface area contributed by atoms with E-state index in [2.05, 4.69) is 0 Å². The summed E-state index contributed by atoms with van der Waals surface area (Å²) in [7, 11) is 0. The van der Waals surface area contributed by atoms with Gasteiger partial charge in [0.05, 0.1) is 6.10 Å². The Morgan fingerprint density at radius 3 is 2.20 bits per heavy atom. The fourth-order valence-electron chi connectivity index (χ4n) is 1.41. The van der Waals surface area contributed by atoms with E-state index in [0.29, 0.717) is 0 Å².